The van der Waals surface area contributed by atoms with Crippen LogP contribution in [0.15, 0.2) is 24.7 Å². The molecule has 190 valence electrons. The molecule has 0 aromatic carbocycles. The van der Waals surface area contributed by atoms with Crippen molar-refractivity contribution in [2.75, 3.05) is 43.4 Å². The van der Waals surface area contributed by atoms with Gasteiger partial charge in [0.15, 0.2) is 0 Å². The highest BCUT2D eigenvalue weighted by molar-refractivity contribution is 6.32. The summed E-state index contributed by atoms with van der Waals surface area (Å²) in [6.07, 6.45) is 10.3. The second kappa shape index (κ2) is 11.7. The van der Waals surface area contributed by atoms with Crippen molar-refractivity contribution >= 4 is 35.1 Å². The largest absolute Gasteiger partial charge is 0.418 e. The zero-order valence-electron chi connectivity index (χ0n) is 20.7. The van der Waals surface area contributed by atoms with Crippen LogP contribution in [0.5, 0.6) is 0 Å². The van der Waals surface area contributed by atoms with Gasteiger partial charge < -0.3 is 25.2 Å². The highest BCUT2D eigenvalue weighted by atomic mass is 35.5. The Kier molecular flexibility index (Phi) is 8.46. The number of hydrogen-bond donors (Lipinski definition) is 2. The molecule has 0 atom stereocenters. The van der Waals surface area contributed by atoms with E-state index in [0.717, 1.165) is 50.2 Å². The lowest BCUT2D eigenvalue weighted by atomic mass is 10.0. The first-order valence-electron chi connectivity index (χ1n) is 12.4. The van der Waals surface area contributed by atoms with E-state index in [1.54, 1.807) is 11.1 Å². The van der Waals surface area contributed by atoms with E-state index in [1.165, 1.54) is 6.26 Å². The van der Waals surface area contributed by atoms with Crippen molar-refractivity contribution in [2.24, 2.45) is 0 Å². The van der Waals surface area contributed by atoms with Gasteiger partial charge in [-0.25, -0.2) is 9.78 Å². The Morgan fingerprint density at radius 1 is 1.29 bits per heavy atom. The van der Waals surface area contributed by atoms with Gasteiger partial charge in [-0.2, -0.15) is 10.1 Å². The number of rotatable bonds is 10. The molecule has 0 aliphatic carbocycles. The summed E-state index contributed by atoms with van der Waals surface area (Å²) in [6, 6.07) is 0.988. The van der Waals surface area contributed by atoms with Crippen molar-refractivity contribution in [1.82, 2.24) is 29.5 Å². The Morgan fingerprint density at radius 3 is 2.80 bits per heavy atom. The van der Waals surface area contributed by atoms with Crippen LogP contribution < -0.4 is 10.6 Å². The van der Waals surface area contributed by atoms with E-state index in [4.69, 9.17) is 21.4 Å². The minimum atomic E-state index is -0.322. The minimum absolute atomic E-state index is 0.322. The first-order chi connectivity index (χ1) is 16.9. The fourth-order valence-electron chi connectivity index (χ4n) is 4.41. The van der Waals surface area contributed by atoms with Crippen LogP contribution in [0.25, 0.3) is 0 Å². The summed E-state index contributed by atoms with van der Waals surface area (Å²) in [5.41, 5.74) is 1.91. The molecule has 1 saturated heterocycles. The van der Waals surface area contributed by atoms with Crippen molar-refractivity contribution in [3.05, 3.63) is 35.4 Å². The Bertz CT molecular complexity index is 1030. The van der Waals surface area contributed by atoms with Crippen molar-refractivity contribution in [1.29, 1.82) is 0 Å². The SMILES string of the molecule is CCc1nn(C2CCN(C(C)C)CC2)cc1Nc1ncc(Cl)c(NCCCN2CC=COC2=O)n1. The molecule has 0 radical (unpaired) electrons. The molecule has 0 bridgehead atoms. The number of nitrogens with zero attached hydrogens (tertiary/aromatic N) is 6. The monoisotopic (exact) mass is 502 g/mol. The number of likely N-dealkylation sites (tertiary alicyclic amines) is 1. The number of ether oxygens (including phenoxy) is 1. The van der Waals surface area contributed by atoms with Crippen molar-refractivity contribution < 1.29 is 9.53 Å². The van der Waals surface area contributed by atoms with E-state index in [-0.39, 0.29) is 6.09 Å². The number of nitrogens with one attached hydrogen (secondary N) is 2. The molecular weight excluding hydrogens is 468 g/mol. The maximum atomic E-state index is 11.7. The van der Waals surface area contributed by atoms with Crippen molar-refractivity contribution in [2.45, 2.75) is 58.5 Å². The van der Waals surface area contributed by atoms with Gasteiger partial charge in [0.1, 0.15) is 10.8 Å². The Labute approximate surface area is 211 Å². The van der Waals surface area contributed by atoms with Gasteiger partial charge in [0.05, 0.1) is 29.9 Å². The number of aromatic nitrogens is 4. The van der Waals surface area contributed by atoms with E-state index in [9.17, 15) is 4.79 Å². The average molecular weight is 503 g/mol. The van der Waals surface area contributed by atoms with Gasteiger partial charge in [0.25, 0.3) is 0 Å². The molecule has 4 heterocycles. The van der Waals surface area contributed by atoms with Gasteiger partial charge in [0, 0.05) is 45.0 Å². The number of piperidine rings is 1. The molecule has 2 N–H and O–H groups in total. The molecule has 1 fully saturated rings. The van der Waals surface area contributed by atoms with Crippen molar-refractivity contribution in [3.63, 3.8) is 0 Å². The molecule has 0 unspecified atom stereocenters. The van der Waals surface area contributed by atoms with E-state index in [2.05, 4.69) is 57.2 Å². The van der Waals surface area contributed by atoms with Crippen LogP contribution in [0.3, 0.4) is 0 Å². The maximum absolute atomic E-state index is 11.7. The van der Waals surface area contributed by atoms with Crippen LogP contribution in [0.2, 0.25) is 5.02 Å². The van der Waals surface area contributed by atoms with E-state index >= 15 is 0 Å². The first kappa shape index (κ1) is 25.2. The lowest BCUT2D eigenvalue weighted by molar-refractivity contribution is 0.133. The highest BCUT2D eigenvalue weighted by Crippen LogP contribution is 2.28. The summed E-state index contributed by atoms with van der Waals surface area (Å²) in [7, 11) is 0. The van der Waals surface area contributed by atoms with Crippen LogP contribution in [0.4, 0.5) is 22.2 Å². The topological polar surface area (TPSA) is 100 Å². The Hall–Kier alpha value is -2.85. The van der Waals surface area contributed by atoms with Crippen LogP contribution in [0, 0.1) is 0 Å². The third kappa shape index (κ3) is 6.43. The number of carbonyl (C=O) groups is 1. The van der Waals surface area contributed by atoms with Gasteiger partial charge in [-0.1, -0.05) is 18.5 Å². The third-order valence-corrected chi connectivity index (χ3v) is 6.76. The van der Waals surface area contributed by atoms with Crippen LogP contribution in [0.1, 0.15) is 51.8 Å². The fraction of sp³-hybridized carbons (Fsp3) is 0.583. The van der Waals surface area contributed by atoms with Gasteiger partial charge in [-0.3, -0.25) is 4.68 Å². The fourth-order valence-corrected chi connectivity index (χ4v) is 4.56. The molecule has 2 aliphatic rings. The van der Waals surface area contributed by atoms with Gasteiger partial charge in [-0.15, -0.1) is 0 Å². The van der Waals surface area contributed by atoms with E-state index in [0.29, 0.717) is 48.5 Å². The number of cyclic esters (lactones) is 1. The normalized spacial score (nSPS) is 17.2. The zero-order chi connectivity index (χ0) is 24.8. The second-order valence-corrected chi connectivity index (χ2v) is 9.59. The molecule has 2 aromatic heterocycles. The van der Waals surface area contributed by atoms with Crippen LogP contribution >= 0.6 is 11.6 Å². The van der Waals surface area contributed by atoms with Crippen LogP contribution in [-0.2, 0) is 11.2 Å². The zero-order valence-corrected chi connectivity index (χ0v) is 21.5. The van der Waals surface area contributed by atoms with E-state index < -0.39 is 0 Å². The molecule has 0 spiro atoms. The quantitative estimate of drug-likeness (QED) is 0.460. The molecule has 1 amide bonds. The standard InChI is InChI=1S/C24H35ClN8O2/c1-4-20-21(16-33(30-20)18-7-12-31(13-8-18)17(2)3)28-23-27-15-19(25)22(29-23)26-9-5-10-32-11-6-14-35-24(32)34/h6,14-18H,4-5,7-13H2,1-3H3,(H2,26,27,28,29). The van der Waals surface area contributed by atoms with Gasteiger partial charge in [0.2, 0.25) is 5.95 Å². The summed E-state index contributed by atoms with van der Waals surface area (Å²) in [4.78, 5) is 24.8. The lowest BCUT2D eigenvalue weighted by Crippen LogP contribution is -2.39. The number of hydrogen-bond acceptors (Lipinski definition) is 8. The second-order valence-electron chi connectivity index (χ2n) is 9.18. The molecule has 35 heavy (non-hydrogen) atoms. The molecule has 11 heteroatoms. The molecular formula is C24H35ClN8O2. The van der Waals surface area contributed by atoms with Crippen molar-refractivity contribution in [3.8, 4) is 0 Å². The number of halogens is 1. The summed E-state index contributed by atoms with van der Waals surface area (Å²) in [5, 5.41) is 11.9. The van der Waals surface area contributed by atoms with Gasteiger partial charge in [-0.05, 0) is 45.6 Å². The molecule has 4 rings (SSSR count). The predicted octanol–water partition coefficient (Wildman–Crippen LogP) is 4.45. The molecule has 2 aromatic rings. The Morgan fingerprint density at radius 2 is 2.09 bits per heavy atom. The minimum Gasteiger partial charge on any atom is -0.418 e. The Balaban J connectivity index is 1.35. The molecule has 10 nitrogen and oxygen atoms in total. The number of anilines is 3. The maximum Gasteiger partial charge on any atom is 0.414 e. The number of amides is 1. The smallest absolute Gasteiger partial charge is 0.414 e. The summed E-state index contributed by atoms with van der Waals surface area (Å²) in [6.45, 7) is 10.5. The third-order valence-electron chi connectivity index (χ3n) is 6.48. The average Bonchev–Trinajstić information content (AvgIpc) is 3.27. The summed E-state index contributed by atoms with van der Waals surface area (Å²) < 4.78 is 7.00. The number of carbonyl (C=O) groups excluding carboxylic acids is 1. The summed E-state index contributed by atoms with van der Waals surface area (Å²) in [5.74, 6) is 1.02. The van der Waals surface area contributed by atoms with Crippen LogP contribution in [-0.4, -0.2) is 74.4 Å². The predicted molar refractivity (Wildman–Crippen MR) is 137 cm³/mol. The van der Waals surface area contributed by atoms with Gasteiger partial charge >= 0.3 is 6.09 Å². The first-order valence-corrected chi connectivity index (χ1v) is 12.8. The lowest BCUT2D eigenvalue weighted by Gasteiger charge is -2.34. The highest BCUT2D eigenvalue weighted by Gasteiger charge is 2.24. The van der Waals surface area contributed by atoms with E-state index in [1.807, 2.05) is 6.08 Å². The molecule has 2 aliphatic heterocycles. The molecule has 0 saturated carbocycles. The number of aryl methyl sites for hydroxylation is 1. The summed E-state index contributed by atoms with van der Waals surface area (Å²) >= 11 is 6.32.